The monoisotopic (exact) mass is 356 g/mol. The van der Waals surface area contributed by atoms with Gasteiger partial charge in [0.05, 0.1) is 25.4 Å². The van der Waals surface area contributed by atoms with E-state index >= 15 is 0 Å². The summed E-state index contributed by atoms with van der Waals surface area (Å²) in [4.78, 5) is 0. The minimum atomic E-state index is -0.578. The fraction of sp³-hybridized carbons (Fsp3) is 0.455. The summed E-state index contributed by atoms with van der Waals surface area (Å²) >= 11 is 0. The smallest absolute Gasteiger partial charge is 0.113 e. The molecule has 1 fully saturated rings. The molecule has 26 heavy (non-hydrogen) atoms. The number of hydrogen-bond acceptors (Lipinski definition) is 4. The third kappa shape index (κ3) is 4.71. The van der Waals surface area contributed by atoms with Gasteiger partial charge in [-0.25, -0.2) is 0 Å². The quantitative estimate of drug-likeness (QED) is 0.824. The Labute approximate surface area is 155 Å². The lowest BCUT2D eigenvalue weighted by Gasteiger charge is -2.43. The van der Waals surface area contributed by atoms with Crippen LogP contribution in [0.4, 0.5) is 0 Å². The van der Waals surface area contributed by atoms with Gasteiger partial charge in [0.25, 0.3) is 0 Å². The predicted octanol–water partition coefficient (Wildman–Crippen LogP) is 3.57. The molecule has 4 nitrogen and oxygen atoms in total. The van der Waals surface area contributed by atoms with Crippen LogP contribution < -0.4 is 0 Å². The van der Waals surface area contributed by atoms with E-state index in [0.29, 0.717) is 13.2 Å². The highest BCUT2D eigenvalue weighted by atomic mass is 16.6. The van der Waals surface area contributed by atoms with Crippen LogP contribution in [0, 0.1) is 5.92 Å². The molecule has 0 aliphatic heterocycles. The van der Waals surface area contributed by atoms with Crippen molar-refractivity contribution < 1.29 is 19.3 Å². The first kappa shape index (κ1) is 19.1. The van der Waals surface area contributed by atoms with Gasteiger partial charge in [-0.2, -0.15) is 0 Å². The highest BCUT2D eigenvalue weighted by molar-refractivity contribution is 5.14. The summed E-state index contributed by atoms with van der Waals surface area (Å²) in [5.74, 6) is 0.0947. The average Bonchev–Trinajstić information content (AvgIpc) is 2.69. The van der Waals surface area contributed by atoms with Gasteiger partial charge in [-0.3, -0.25) is 0 Å². The maximum atomic E-state index is 10.7. The van der Waals surface area contributed by atoms with Crippen LogP contribution in [0.5, 0.6) is 0 Å². The van der Waals surface area contributed by atoms with E-state index in [1.54, 1.807) is 7.11 Å². The maximum absolute atomic E-state index is 10.7. The number of hydrogen-bond donors (Lipinski definition) is 1. The molecule has 0 saturated heterocycles. The van der Waals surface area contributed by atoms with Gasteiger partial charge in [0, 0.05) is 7.11 Å². The number of ether oxygens (including phenoxy) is 3. The van der Waals surface area contributed by atoms with Gasteiger partial charge in [0.2, 0.25) is 0 Å². The van der Waals surface area contributed by atoms with E-state index in [1.165, 1.54) is 0 Å². The molecule has 1 saturated carbocycles. The van der Waals surface area contributed by atoms with Crippen LogP contribution in [0.3, 0.4) is 0 Å². The molecule has 2 aromatic carbocycles. The molecule has 0 bridgehead atoms. The van der Waals surface area contributed by atoms with E-state index in [9.17, 15) is 5.11 Å². The van der Waals surface area contributed by atoms with Crippen LogP contribution in [0.25, 0.3) is 0 Å². The molecule has 0 aromatic heterocycles. The summed E-state index contributed by atoms with van der Waals surface area (Å²) in [7, 11) is 1.70. The highest BCUT2D eigenvalue weighted by Gasteiger charge is 2.44. The molecule has 1 aliphatic carbocycles. The molecule has 3 unspecified atom stereocenters. The Bertz CT molecular complexity index is 602. The van der Waals surface area contributed by atoms with Crippen LogP contribution in [-0.2, 0) is 27.4 Å². The summed E-state index contributed by atoms with van der Waals surface area (Å²) in [6, 6.07) is 20.0. The second kappa shape index (κ2) is 9.28. The van der Waals surface area contributed by atoms with Crippen molar-refractivity contribution in [1.82, 2.24) is 0 Å². The van der Waals surface area contributed by atoms with E-state index < -0.39 is 12.2 Å². The summed E-state index contributed by atoms with van der Waals surface area (Å²) in [5.41, 5.74) is 2.17. The lowest BCUT2D eigenvalue weighted by Crippen LogP contribution is -2.55. The van der Waals surface area contributed by atoms with Crippen molar-refractivity contribution in [3.63, 3.8) is 0 Å². The fourth-order valence-electron chi connectivity index (χ4n) is 3.53. The van der Waals surface area contributed by atoms with E-state index in [0.717, 1.165) is 17.5 Å². The van der Waals surface area contributed by atoms with Crippen LogP contribution in [0.2, 0.25) is 0 Å². The average molecular weight is 356 g/mol. The second-order valence-electron chi connectivity index (χ2n) is 7.00. The Balaban J connectivity index is 1.71. The fourth-order valence-corrected chi connectivity index (χ4v) is 3.53. The van der Waals surface area contributed by atoms with E-state index in [-0.39, 0.29) is 18.1 Å². The Hall–Kier alpha value is -1.72. The summed E-state index contributed by atoms with van der Waals surface area (Å²) in [6.07, 6.45) is -0.658. The van der Waals surface area contributed by atoms with Gasteiger partial charge in [0.1, 0.15) is 12.2 Å². The highest BCUT2D eigenvalue weighted by Crippen LogP contribution is 2.32. The topological polar surface area (TPSA) is 47.9 Å². The Kier molecular flexibility index (Phi) is 6.80. The van der Waals surface area contributed by atoms with E-state index in [2.05, 4.69) is 0 Å². The lowest BCUT2D eigenvalue weighted by atomic mass is 9.81. The number of benzene rings is 2. The van der Waals surface area contributed by atoms with Gasteiger partial charge < -0.3 is 19.3 Å². The van der Waals surface area contributed by atoms with Gasteiger partial charge in [-0.15, -0.1) is 0 Å². The van der Waals surface area contributed by atoms with Crippen molar-refractivity contribution in [3.8, 4) is 0 Å². The molecule has 0 amide bonds. The predicted molar refractivity (Wildman–Crippen MR) is 101 cm³/mol. The molecule has 4 heteroatoms. The summed E-state index contributed by atoms with van der Waals surface area (Å²) in [6.45, 7) is 2.94. The molecular formula is C22H28O4. The number of methoxy groups -OCH3 is 1. The molecule has 1 N–H and O–H groups in total. The van der Waals surface area contributed by atoms with Crippen molar-refractivity contribution in [2.24, 2.45) is 5.92 Å². The van der Waals surface area contributed by atoms with Crippen molar-refractivity contribution in [3.05, 3.63) is 71.8 Å². The van der Waals surface area contributed by atoms with Gasteiger partial charge in [0.15, 0.2) is 0 Å². The maximum Gasteiger partial charge on any atom is 0.113 e. The van der Waals surface area contributed by atoms with Crippen LogP contribution in [0.15, 0.2) is 60.7 Å². The molecule has 140 valence electrons. The third-order valence-corrected chi connectivity index (χ3v) is 5.09. The Morgan fingerprint density at radius 3 is 1.85 bits per heavy atom. The first-order valence-electron chi connectivity index (χ1n) is 9.21. The SMILES string of the molecule is CO[C@@H]1CC(C)[C@@H](O)C(OCc2ccccc2)C1OCc1ccccc1. The van der Waals surface area contributed by atoms with Crippen LogP contribution in [0.1, 0.15) is 24.5 Å². The summed E-state index contributed by atoms with van der Waals surface area (Å²) in [5, 5.41) is 10.7. The van der Waals surface area contributed by atoms with E-state index in [4.69, 9.17) is 14.2 Å². The van der Waals surface area contributed by atoms with Crippen molar-refractivity contribution >= 4 is 0 Å². The first-order valence-corrected chi connectivity index (χ1v) is 9.21. The molecule has 1 aliphatic rings. The first-order chi connectivity index (χ1) is 12.7. The van der Waals surface area contributed by atoms with Crippen LogP contribution in [-0.4, -0.2) is 36.6 Å². The molecule has 0 radical (unpaired) electrons. The Morgan fingerprint density at radius 1 is 0.846 bits per heavy atom. The minimum absolute atomic E-state index is 0.0947. The molecule has 0 heterocycles. The standard InChI is InChI=1S/C22H28O4/c1-16-13-19(24-2)21(25-14-17-9-5-3-6-10-17)22(20(16)23)26-15-18-11-7-4-8-12-18/h3-12,16,19-23H,13-15H2,1-2H3/t16?,19-,20-,21?,22?/m1/s1. The lowest BCUT2D eigenvalue weighted by molar-refractivity contribution is -0.207. The molecule has 2 aromatic rings. The van der Waals surface area contributed by atoms with Crippen molar-refractivity contribution in [2.45, 2.75) is 51.0 Å². The third-order valence-electron chi connectivity index (χ3n) is 5.09. The number of rotatable bonds is 7. The van der Waals surface area contributed by atoms with Gasteiger partial charge in [-0.1, -0.05) is 67.6 Å². The zero-order chi connectivity index (χ0) is 18.4. The molecule has 3 rings (SSSR count). The van der Waals surface area contributed by atoms with Gasteiger partial charge in [-0.05, 0) is 23.5 Å². The zero-order valence-corrected chi connectivity index (χ0v) is 15.5. The van der Waals surface area contributed by atoms with Crippen LogP contribution >= 0.6 is 0 Å². The van der Waals surface area contributed by atoms with Gasteiger partial charge >= 0.3 is 0 Å². The molecular weight excluding hydrogens is 328 g/mol. The summed E-state index contributed by atoms with van der Waals surface area (Å²) < 4.78 is 18.0. The van der Waals surface area contributed by atoms with E-state index in [1.807, 2.05) is 67.6 Å². The Morgan fingerprint density at radius 2 is 1.35 bits per heavy atom. The zero-order valence-electron chi connectivity index (χ0n) is 15.5. The van der Waals surface area contributed by atoms with Crippen molar-refractivity contribution in [2.75, 3.05) is 7.11 Å². The molecule has 5 atom stereocenters. The number of aliphatic hydroxyl groups excluding tert-OH is 1. The normalized spacial score (nSPS) is 28.8. The van der Waals surface area contributed by atoms with Crippen molar-refractivity contribution in [1.29, 1.82) is 0 Å². The molecule has 0 spiro atoms. The minimum Gasteiger partial charge on any atom is -0.390 e. The largest absolute Gasteiger partial charge is 0.390 e. The number of aliphatic hydroxyl groups is 1. The second-order valence-corrected chi connectivity index (χ2v) is 7.00.